The van der Waals surface area contributed by atoms with Gasteiger partial charge in [-0.2, -0.15) is 0 Å². The molecule has 2 aromatic rings. The quantitative estimate of drug-likeness (QED) is 0.814. The Labute approximate surface area is 117 Å². The molecular formula is C13H19N5S. The predicted octanol–water partition coefficient (Wildman–Crippen LogP) is 2.58. The van der Waals surface area contributed by atoms with Crippen LogP contribution in [0.5, 0.6) is 0 Å². The molecule has 0 amide bonds. The molecule has 2 rings (SSSR count). The highest BCUT2D eigenvalue weighted by atomic mass is 32.1. The Morgan fingerprint density at radius 1 is 1.11 bits per heavy atom. The summed E-state index contributed by atoms with van der Waals surface area (Å²) in [5.74, 6) is 1.85. The summed E-state index contributed by atoms with van der Waals surface area (Å²) in [6, 6.07) is 0. The zero-order chi connectivity index (χ0) is 13.5. The van der Waals surface area contributed by atoms with Crippen LogP contribution in [0.1, 0.15) is 25.1 Å². The van der Waals surface area contributed by atoms with Crippen LogP contribution in [0.2, 0.25) is 0 Å². The molecule has 0 atom stereocenters. The van der Waals surface area contributed by atoms with Crippen molar-refractivity contribution in [2.45, 2.75) is 26.7 Å². The van der Waals surface area contributed by atoms with Crippen LogP contribution < -0.4 is 10.6 Å². The summed E-state index contributed by atoms with van der Waals surface area (Å²) in [5, 5.41) is 8.72. The molecule has 0 radical (unpaired) electrons. The van der Waals surface area contributed by atoms with E-state index < -0.39 is 0 Å². The molecule has 0 aliphatic heterocycles. The van der Waals surface area contributed by atoms with Crippen LogP contribution in [-0.4, -0.2) is 28.0 Å². The molecule has 6 heteroatoms. The van der Waals surface area contributed by atoms with Gasteiger partial charge in [0.15, 0.2) is 0 Å². The van der Waals surface area contributed by atoms with E-state index in [1.165, 1.54) is 0 Å². The van der Waals surface area contributed by atoms with Gasteiger partial charge in [-0.3, -0.25) is 0 Å². The Balaban J connectivity index is 2.00. The number of thiazole rings is 1. The maximum atomic E-state index is 4.33. The van der Waals surface area contributed by atoms with Crippen molar-refractivity contribution in [2.75, 3.05) is 23.7 Å². The number of hydrogen-bond donors (Lipinski definition) is 2. The van der Waals surface area contributed by atoms with Gasteiger partial charge in [0, 0.05) is 30.5 Å². The van der Waals surface area contributed by atoms with Gasteiger partial charge in [-0.05, 0) is 13.3 Å². The lowest BCUT2D eigenvalue weighted by atomic mass is 10.2. The Bertz CT molecular complexity index is 498. The molecule has 0 fully saturated rings. The third-order valence-electron chi connectivity index (χ3n) is 2.80. The standard InChI is InChI=1S/C13H19N5S/c1-3-11-12(14-4-2)16-8-17-13(11)15-6-5-10-7-19-9-18-10/h7-9H,3-6H2,1-2H3,(H2,14,15,16,17). The lowest BCUT2D eigenvalue weighted by Crippen LogP contribution is -2.12. The molecule has 2 aromatic heterocycles. The summed E-state index contributed by atoms with van der Waals surface area (Å²) in [6.07, 6.45) is 3.41. The Morgan fingerprint density at radius 3 is 2.53 bits per heavy atom. The molecule has 0 aromatic carbocycles. The second-order valence-electron chi connectivity index (χ2n) is 4.09. The van der Waals surface area contributed by atoms with E-state index in [1.807, 2.05) is 5.51 Å². The minimum Gasteiger partial charge on any atom is -0.370 e. The highest BCUT2D eigenvalue weighted by molar-refractivity contribution is 7.07. The second kappa shape index (κ2) is 7.04. The van der Waals surface area contributed by atoms with E-state index in [2.05, 4.69) is 44.8 Å². The van der Waals surface area contributed by atoms with Crippen molar-refractivity contribution in [3.8, 4) is 0 Å². The number of nitrogens with one attached hydrogen (secondary N) is 2. The number of aromatic nitrogens is 3. The normalized spacial score (nSPS) is 10.4. The molecule has 0 unspecified atom stereocenters. The fourth-order valence-corrected chi connectivity index (χ4v) is 2.48. The number of hydrogen-bond acceptors (Lipinski definition) is 6. The Hall–Kier alpha value is -1.69. The summed E-state index contributed by atoms with van der Waals surface area (Å²) in [6.45, 7) is 5.88. The molecule has 2 N–H and O–H groups in total. The van der Waals surface area contributed by atoms with Gasteiger partial charge in [0.25, 0.3) is 0 Å². The van der Waals surface area contributed by atoms with Crippen molar-refractivity contribution < 1.29 is 0 Å². The van der Waals surface area contributed by atoms with Crippen LogP contribution in [0.15, 0.2) is 17.2 Å². The van der Waals surface area contributed by atoms with Crippen molar-refractivity contribution in [1.82, 2.24) is 15.0 Å². The first-order chi connectivity index (χ1) is 9.35. The van der Waals surface area contributed by atoms with Crippen LogP contribution >= 0.6 is 11.3 Å². The van der Waals surface area contributed by atoms with Crippen molar-refractivity contribution >= 4 is 23.0 Å². The van der Waals surface area contributed by atoms with Crippen molar-refractivity contribution in [2.24, 2.45) is 0 Å². The van der Waals surface area contributed by atoms with Gasteiger partial charge in [0.05, 0.1) is 11.2 Å². The average Bonchev–Trinajstić information content (AvgIpc) is 2.93. The highest BCUT2D eigenvalue weighted by Crippen LogP contribution is 2.20. The van der Waals surface area contributed by atoms with Gasteiger partial charge in [-0.1, -0.05) is 6.92 Å². The maximum Gasteiger partial charge on any atom is 0.134 e. The van der Waals surface area contributed by atoms with Gasteiger partial charge < -0.3 is 10.6 Å². The third kappa shape index (κ3) is 3.64. The molecule has 0 saturated carbocycles. The van der Waals surface area contributed by atoms with Crippen molar-refractivity contribution in [1.29, 1.82) is 0 Å². The first-order valence-electron chi connectivity index (χ1n) is 6.53. The number of nitrogens with zero attached hydrogens (tertiary/aromatic N) is 3. The van der Waals surface area contributed by atoms with E-state index in [1.54, 1.807) is 17.7 Å². The third-order valence-corrected chi connectivity index (χ3v) is 3.44. The average molecular weight is 277 g/mol. The van der Waals surface area contributed by atoms with Gasteiger partial charge in [0.2, 0.25) is 0 Å². The van der Waals surface area contributed by atoms with Crippen molar-refractivity contribution in [3.05, 3.63) is 28.5 Å². The summed E-state index contributed by atoms with van der Waals surface area (Å²) in [4.78, 5) is 12.9. The van der Waals surface area contributed by atoms with Gasteiger partial charge >= 0.3 is 0 Å². The smallest absolute Gasteiger partial charge is 0.134 e. The summed E-state index contributed by atoms with van der Waals surface area (Å²) < 4.78 is 0. The molecule has 2 heterocycles. The van der Waals surface area contributed by atoms with Crippen LogP contribution in [-0.2, 0) is 12.8 Å². The second-order valence-corrected chi connectivity index (χ2v) is 4.81. The molecule has 0 aliphatic rings. The fraction of sp³-hybridized carbons (Fsp3) is 0.462. The highest BCUT2D eigenvalue weighted by Gasteiger charge is 2.08. The fourth-order valence-electron chi connectivity index (χ4n) is 1.89. The SMILES string of the molecule is CCNc1ncnc(NCCc2cscn2)c1CC. The summed E-state index contributed by atoms with van der Waals surface area (Å²) >= 11 is 1.63. The molecular weight excluding hydrogens is 258 g/mol. The molecule has 0 aliphatic carbocycles. The minimum atomic E-state index is 0.833. The number of rotatable bonds is 7. The van der Waals surface area contributed by atoms with E-state index >= 15 is 0 Å². The van der Waals surface area contributed by atoms with Gasteiger partial charge in [0.1, 0.15) is 18.0 Å². The zero-order valence-electron chi connectivity index (χ0n) is 11.3. The molecule has 19 heavy (non-hydrogen) atoms. The summed E-state index contributed by atoms with van der Waals surface area (Å²) in [5.41, 5.74) is 4.12. The van der Waals surface area contributed by atoms with E-state index in [4.69, 9.17) is 0 Å². The first-order valence-corrected chi connectivity index (χ1v) is 7.48. The topological polar surface area (TPSA) is 62.7 Å². The molecule has 0 bridgehead atoms. The molecule has 5 nitrogen and oxygen atoms in total. The number of anilines is 2. The lowest BCUT2D eigenvalue weighted by molar-refractivity contribution is 0.947. The Morgan fingerprint density at radius 2 is 1.89 bits per heavy atom. The molecule has 102 valence electrons. The first kappa shape index (κ1) is 13.7. The van der Waals surface area contributed by atoms with E-state index in [0.29, 0.717) is 0 Å². The summed E-state index contributed by atoms with van der Waals surface area (Å²) in [7, 11) is 0. The van der Waals surface area contributed by atoms with E-state index in [0.717, 1.165) is 48.8 Å². The van der Waals surface area contributed by atoms with Crippen LogP contribution in [0.3, 0.4) is 0 Å². The monoisotopic (exact) mass is 277 g/mol. The zero-order valence-corrected chi connectivity index (χ0v) is 12.1. The van der Waals surface area contributed by atoms with Crippen LogP contribution in [0, 0.1) is 0 Å². The van der Waals surface area contributed by atoms with Crippen molar-refractivity contribution in [3.63, 3.8) is 0 Å². The van der Waals surface area contributed by atoms with Gasteiger partial charge in [-0.25, -0.2) is 15.0 Å². The largest absolute Gasteiger partial charge is 0.370 e. The Kier molecular flexibility index (Phi) is 5.09. The van der Waals surface area contributed by atoms with Crippen LogP contribution in [0.4, 0.5) is 11.6 Å². The molecule has 0 spiro atoms. The lowest BCUT2D eigenvalue weighted by Gasteiger charge is -2.13. The van der Waals surface area contributed by atoms with Gasteiger partial charge in [-0.15, -0.1) is 11.3 Å². The van der Waals surface area contributed by atoms with E-state index in [-0.39, 0.29) is 0 Å². The van der Waals surface area contributed by atoms with E-state index in [9.17, 15) is 0 Å². The van der Waals surface area contributed by atoms with Crippen LogP contribution in [0.25, 0.3) is 0 Å². The minimum absolute atomic E-state index is 0.833. The predicted molar refractivity (Wildman–Crippen MR) is 79.9 cm³/mol. The maximum absolute atomic E-state index is 4.33. The molecule has 0 saturated heterocycles.